The summed E-state index contributed by atoms with van der Waals surface area (Å²) in [7, 11) is -0.286. The number of Topliss-reactive ketones (excluding diaryl/α,β-unsaturated/α-hetero) is 1. The fourth-order valence-corrected chi connectivity index (χ4v) is 4.68. The molecule has 142 valence electrons. The largest absolute Gasteiger partial charge is 0.383 e. The number of nitrogens with zero attached hydrogens (tertiary/aromatic N) is 4. The van der Waals surface area contributed by atoms with Crippen LogP contribution < -0.4 is 0 Å². The van der Waals surface area contributed by atoms with E-state index in [0.717, 1.165) is 0 Å². The Hall–Kier alpha value is -2.29. The third-order valence-corrected chi connectivity index (χ3v) is 6.33. The molecule has 0 spiro atoms. The average Bonchev–Trinajstić information content (AvgIpc) is 2.63. The highest BCUT2D eigenvalue weighted by atomic mass is 35.5. The number of benzene rings is 1. The Morgan fingerprint density at radius 2 is 1.81 bits per heavy atom. The molecule has 1 aromatic carbocycles. The second-order valence-electron chi connectivity index (χ2n) is 6.44. The molecule has 1 aliphatic heterocycles. The van der Waals surface area contributed by atoms with Crippen LogP contribution in [0.3, 0.4) is 0 Å². The van der Waals surface area contributed by atoms with Crippen LogP contribution in [0.15, 0.2) is 59.7 Å². The zero-order valence-corrected chi connectivity index (χ0v) is 16.5. The molecule has 0 radical (unpaired) electrons. The second kappa shape index (κ2) is 7.75. The van der Waals surface area contributed by atoms with Gasteiger partial charge in [0.15, 0.2) is 5.78 Å². The van der Waals surface area contributed by atoms with Gasteiger partial charge in [-0.1, -0.05) is 11.6 Å². The first kappa shape index (κ1) is 19.5. The lowest BCUT2D eigenvalue weighted by Crippen LogP contribution is -2.43. The molecule has 0 bridgehead atoms. The van der Waals surface area contributed by atoms with Crippen LogP contribution in [0.1, 0.15) is 18.0 Å². The van der Waals surface area contributed by atoms with Crippen molar-refractivity contribution < 1.29 is 13.2 Å². The minimum absolute atomic E-state index is 0.0263. The molecule has 0 saturated carbocycles. The minimum atomic E-state index is -3.86. The fourth-order valence-electron chi connectivity index (χ4n) is 2.96. The van der Waals surface area contributed by atoms with Gasteiger partial charge in [-0.05, 0) is 24.3 Å². The van der Waals surface area contributed by atoms with Gasteiger partial charge in [0.1, 0.15) is 6.33 Å². The van der Waals surface area contributed by atoms with Crippen molar-refractivity contribution in [1.82, 2.24) is 19.2 Å². The molecule has 3 rings (SSSR count). The van der Waals surface area contributed by atoms with Gasteiger partial charge in [0.2, 0.25) is 10.0 Å². The minimum Gasteiger partial charge on any atom is -0.383 e. The van der Waals surface area contributed by atoms with Gasteiger partial charge >= 0.3 is 0 Å². The van der Waals surface area contributed by atoms with Crippen LogP contribution in [0, 0.1) is 0 Å². The number of carbonyl (C=O) groups is 1. The van der Waals surface area contributed by atoms with E-state index in [2.05, 4.69) is 9.97 Å². The van der Waals surface area contributed by atoms with E-state index in [1.165, 1.54) is 47.3 Å². The first-order valence-electron chi connectivity index (χ1n) is 8.21. The predicted molar refractivity (Wildman–Crippen MR) is 102 cm³/mol. The molecule has 2 aromatic rings. The molecule has 1 atom stereocenters. The van der Waals surface area contributed by atoms with Gasteiger partial charge in [0, 0.05) is 61.8 Å². The predicted octanol–water partition coefficient (Wildman–Crippen LogP) is 2.28. The Balaban J connectivity index is 2.07. The lowest BCUT2D eigenvalue weighted by Gasteiger charge is -2.35. The first-order chi connectivity index (χ1) is 12.8. The quantitative estimate of drug-likeness (QED) is 0.724. The third kappa shape index (κ3) is 4.18. The van der Waals surface area contributed by atoms with E-state index < -0.39 is 16.1 Å². The number of ketones is 1. The molecular formula is C18H19ClN4O3S. The number of halogens is 1. The van der Waals surface area contributed by atoms with Crippen molar-refractivity contribution in [2.75, 3.05) is 20.6 Å². The van der Waals surface area contributed by atoms with Gasteiger partial charge in [-0.25, -0.2) is 18.4 Å². The topological polar surface area (TPSA) is 83.5 Å². The van der Waals surface area contributed by atoms with Crippen molar-refractivity contribution in [3.8, 4) is 0 Å². The van der Waals surface area contributed by atoms with E-state index in [-0.39, 0.29) is 23.6 Å². The fraction of sp³-hybridized carbons (Fsp3) is 0.278. The molecule has 1 aromatic heterocycles. The van der Waals surface area contributed by atoms with Gasteiger partial charge in [0.25, 0.3) is 0 Å². The van der Waals surface area contributed by atoms with Crippen molar-refractivity contribution >= 4 is 27.4 Å². The van der Waals surface area contributed by atoms with E-state index in [1.807, 2.05) is 0 Å². The highest BCUT2D eigenvalue weighted by Gasteiger charge is 2.39. The summed E-state index contributed by atoms with van der Waals surface area (Å²) in [6, 6.07) is 5.31. The molecule has 1 aliphatic rings. The van der Waals surface area contributed by atoms with Crippen LogP contribution in [0.4, 0.5) is 0 Å². The number of piperidine rings is 1. The maximum Gasteiger partial charge on any atom is 0.243 e. The molecule has 2 heterocycles. The molecule has 0 aliphatic carbocycles. The van der Waals surface area contributed by atoms with Gasteiger partial charge in [-0.15, -0.1) is 0 Å². The van der Waals surface area contributed by atoms with E-state index >= 15 is 0 Å². The van der Waals surface area contributed by atoms with Crippen molar-refractivity contribution in [1.29, 1.82) is 0 Å². The van der Waals surface area contributed by atoms with Crippen molar-refractivity contribution in [3.05, 3.63) is 65.3 Å². The molecular weight excluding hydrogens is 388 g/mol. The van der Waals surface area contributed by atoms with Crippen LogP contribution in [0.5, 0.6) is 0 Å². The number of hydrogen-bond acceptors (Lipinski definition) is 6. The summed E-state index contributed by atoms with van der Waals surface area (Å²) in [6.45, 7) is -0.0263. The van der Waals surface area contributed by atoms with E-state index in [4.69, 9.17) is 11.6 Å². The summed E-state index contributed by atoms with van der Waals surface area (Å²) in [5.41, 5.74) is 1.01. The standard InChI is InChI=1S/C18H19ClN4O3S/c1-22(2)10-14-11-23(27(25,26)16-5-3-15(19)4-6-16)17(7-18(14)24)13-8-20-12-21-9-13/h3-6,8-10,12,17H,7,11H2,1-2H3. The van der Waals surface area contributed by atoms with Crippen LogP contribution in [0.2, 0.25) is 5.02 Å². The van der Waals surface area contributed by atoms with Crippen molar-refractivity contribution in [2.24, 2.45) is 0 Å². The van der Waals surface area contributed by atoms with Crippen LogP contribution >= 0.6 is 11.6 Å². The Morgan fingerprint density at radius 1 is 1.19 bits per heavy atom. The maximum absolute atomic E-state index is 13.3. The van der Waals surface area contributed by atoms with Crippen LogP contribution in [-0.4, -0.2) is 54.0 Å². The first-order valence-corrected chi connectivity index (χ1v) is 10.0. The molecule has 27 heavy (non-hydrogen) atoms. The molecule has 0 N–H and O–H groups in total. The monoisotopic (exact) mass is 406 g/mol. The summed E-state index contributed by atoms with van der Waals surface area (Å²) < 4.78 is 27.9. The van der Waals surface area contributed by atoms with Crippen LogP contribution in [-0.2, 0) is 14.8 Å². The van der Waals surface area contributed by atoms with E-state index in [9.17, 15) is 13.2 Å². The zero-order valence-electron chi connectivity index (χ0n) is 14.9. The van der Waals surface area contributed by atoms with E-state index in [1.54, 1.807) is 25.2 Å². The summed E-state index contributed by atoms with van der Waals surface area (Å²) in [5, 5.41) is 0.448. The zero-order chi connectivity index (χ0) is 19.6. The Bertz CT molecular complexity index is 960. The Labute approximate surface area is 163 Å². The number of sulfonamides is 1. The van der Waals surface area contributed by atoms with Crippen molar-refractivity contribution in [3.63, 3.8) is 0 Å². The Morgan fingerprint density at radius 3 is 2.41 bits per heavy atom. The van der Waals surface area contributed by atoms with Crippen molar-refractivity contribution in [2.45, 2.75) is 17.4 Å². The van der Waals surface area contributed by atoms with Crippen LogP contribution in [0.25, 0.3) is 0 Å². The lowest BCUT2D eigenvalue weighted by molar-refractivity contribution is -0.117. The van der Waals surface area contributed by atoms with Gasteiger partial charge < -0.3 is 4.90 Å². The number of rotatable bonds is 4. The second-order valence-corrected chi connectivity index (χ2v) is 8.76. The third-order valence-electron chi connectivity index (χ3n) is 4.21. The SMILES string of the molecule is CN(C)C=C1CN(S(=O)(=O)c2ccc(Cl)cc2)C(c2cncnc2)CC1=O. The molecule has 1 unspecified atom stereocenters. The number of hydrogen-bond donors (Lipinski definition) is 0. The summed E-state index contributed by atoms with van der Waals surface area (Å²) >= 11 is 5.89. The smallest absolute Gasteiger partial charge is 0.243 e. The molecule has 1 fully saturated rings. The number of carbonyl (C=O) groups excluding carboxylic acids is 1. The van der Waals surface area contributed by atoms with E-state index in [0.29, 0.717) is 16.2 Å². The normalized spacial score (nSPS) is 20.0. The summed E-state index contributed by atoms with van der Waals surface area (Å²) in [6.07, 6.45) is 6.12. The summed E-state index contributed by atoms with van der Waals surface area (Å²) in [5.74, 6) is -0.0971. The highest BCUT2D eigenvalue weighted by Crippen LogP contribution is 2.35. The van der Waals surface area contributed by atoms with Gasteiger partial charge in [-0.2, -0.15) is 4.31 Å². The molecule has 0 amide bonds. The van der Waals surface area contributed by atoms with Gasteiger partial charge in [-0.3, -0.25) is 4.79 Å². The van der Waals surface area contributed by atoms with Gasteiger partial charge in [0.05, 0.1) is 10.9 Å². The molecule has 7 nitrogen and oxygen atoms in total. The number of aromatic nitrogens is 2. The Kier molecular flexibility index (Phi) is 5.59. The molecule has 1 saturated heterocycles. The summed E-state index contributed by atoms with van der Waals surface area (Å²) in [4.78, 5) is 22.4. The average molecular weight is 407 g/mol. The maximum atomic E-state index is 13.3. The lowest BCUT2D eigenvalue weighted by atomic mass is 9.95. The highest BCUT2D eigenvalue weighted by molar-refractivity contribution is 7.89. The molecule has 9 heteroatoms.